The van der Waals surface area contributed by atoms with Crippen LogP contribution in [-0.2, 0) is 21.7 Å². The second kappa shape index (κ2) is 8.09. The van der Waals surface area contributed by atoms with Crippen LogP contribution in [0.25, 0.3) is 0 Å². The molecule has 2 aromatic rings. The van der Waals surface area contributed by atoms with Gasteiger partial charge < -0.3 is 9.84 Å². The molecule has 0 amide bonds. The van der Waals surface area contributed by atoms with Crippen LogP contribution < -0.4 is 0 Å². The molecule has 1 atom stereocenters. The largest absolute Gasteiger partial charge is 0.480 e. The van der Waals surface area contributed by atoms with E-state index in [1.165, 1.54) is 11.1 Å². The number of hydrogen-bond acceptors (Lipinski definition) is 3. The molecule has 0 spiro atoms. The molecule has 1 unspecified atom stereocenters. The van der Waals surface area contributed by atoms with Gasteiger partial charge in [0.2, 0.25) is 0 Å². The zero-order valence-electron chi connectivity index (χ0n) is 14.5. The average molecular weight is 439 g/mol. The Morgan fingerprint density at radius 2 is 2.04 bits per heavy atom. The zero-order chi connectivity index (χ0) is 18.7. The summed E-state index contributed by atoms with van der Waals surface area (Å²) >= 11 is 9.60. The van der Waals surface area contributed by atoms with Gasteiger partial charge in [-0.15, -0.1) is 0 Å². The number of rotatable bonds is 7. The first-order chi connectivity index (χ1) is 12.4. The SMILES string of the molecule is CN(CCCC1(c2ccc(Cl)cc2)OCc2cc(Br)ccc21)CC(=O)O. The highest BCUT2D eigenvalue weighted by atomic mass is 79.9. The number of fused-ring (bicyclic) bond motifs is 1. The maximum atomic E-state index is 10.9. The summed E-state index contributed by atoms with van der Waals surface area (Å²) in [6.07, 6.45) is 1.59. The van der Waals surface area contributed by atoms with Crippen molar-refractivity contribution in [2.24, 2.45) is 0 Å². The quantitative estimate of drug-likeness (QED) is 0.682. The van der Waals surface area contributed by atoms with Crippen LogP contribution in [0.2, 0.25) is 5.02 Å². The van der Waals surface area contributed by atoms with E-state index in [-0.39, 0.29) is 6.54 Å². The molecule has 1 N–H and O–H groups in total. The fraction of sp³-hybridized carbons (Fsp3) is 0.350. The van der Waals surface area contributed by atoms with Gasteiger partial charge in [-0.05, 0) is 67.4 Å². The van der Waals surface area contributed by atoms with E-state index >= 15 is 0 Å². The normalized spacial score (nSPS) is 18.9. The van der Waals surface area contributed by atoms with Crippen molar-refractivity contribution in [2.75, 3.05) is 20.1 Å². The van der Waals surface area contributed by atoms with E-state index in [1.807, 2.05) is 42.3 Å². The van der Waals surface area contributed by atoms with Gasteiger partial charge in [0.25, 0.3) is 0 Å². The Hall–Kier alpha value is -1.40. The number of hydrogen-bond donors (Lipinski definition) is 1. The van der Waals surface area contributed by atoms with Gasteiger partial charge in [-0.25, -0.2) is 0 Å². The fourth-order valence-corrected chi connectivity index (χ4v) is 4.11. The van der Waals surface area contributed by atoms with Gasteiger partial charge in [0.05, 0.1) is 13.2 Å². The van der Waals surface area contributed by atoms with Crippen molar-refractivity contribution in [3.63, 3.8) is 0 Å². The molecule has 0 aromatic heterocycles. The highest BCUT2D eigenvalue weighted by Crippen LogP contribution is 2.46. The Kier molecular flexibility index (Phi) is 6.03. The fourth-order valence-electron chi connectivity index (χ4n) is 3.57. The summed E-state index contributed by atoms with van der Waals surface area (Å²) in [5.74, 6) is -0.813. The molecule has 0 aliphatic carbocycles. The summed E-state index contributed by atoms with van der Waals surface area (Å²) in [7, 11) is 1.82. The van der Waals surface area contributed by atoms with E-state index in [9.17, 15) is 4.79 Å². The molecule has 138 valence electrons. The number of halogens is 2. The van der Waals surface area contributed by atoms with Crippen molar-refractivity contribution in [3.05, 3.63) is 68.7 Å². The highest BCUT2D eigenvalue weighted by molar-refractivity contribution is 9.10. The Morgan fingerprint density at radius 3 is 2.73 bits per heavy atom. The molecule has 0 saturated carbocycles. The lowest BCUT2D eigenvalue weighted by Crippen LogP contribution is -2.31. The number of nitrogens with zero attached hydrogens (tertiary/aromatic N) is 1. The van der Waals surface area contributed by atoms with Crippen molar-refractivity contribution in [1.29, 1.82) is 0 Å². The number of carbonyl (C=O) groups is 1. The van der Waals surface area contributed by atoms with Gasteiger partial charge in [0.1, 0.15) is 5.60 Å². The van der Waals surface area contributed by atoms with Crippen molar-refractivity contribution < 1.29 is 14.6 Å². The van der Waals surface area contributed by atoms with Crippen molar-refractivity contribution in [1.82, 2.24) is 4.90 Å². The standard InChI is InChI=1S/C20H21BrClNO3/c1-23(12-19(24)25)10-2-9-20(15-3-6-17(22)7-4-15)18-8-5-16(21)11-14(18)13-26-20/h3-8,11H,2,9-10,12-13H2,1H3,(H,24,25). The summed E-state index contributed by atoms with van der Waals surface area (Å²) in [4.78, 5) is 12.7. The van der Waals surface area contributed by atoms with Crippen LogP contribution in [0.1, 0.15) is 29.5 Å². The lowest BCUT2D eigenvalue weighted by atomic mass is 9.82. The number of carboxylic acids is 1. The number of carboxylic acid groups (broad SMARTS) is 1. The van der Waals surface area contributed by atoms with Crippen LogP contribution >= 0.6 is 27.5 Å². The molecular formula is C20H21BrClNO3. The first kappa shape index (κ1) is 19.4. The predicted molar refractivity (Wildman–Crippen MR) is 106 cm³/mol. The van der Waals surface area contributed by atoms with E-state index in [2.05, 4.69) is 28.1 Å². The van der Waals surface area contributed by atoms with E-state index < -0.39 is 11.6 Å². The van der Waals surface area contributed by atoms with E-state index in [0.717, 1.165) is 22.9 Å². The minimum absolute atomic E-state index is 0.0400. The van der Waals surface area contributed by atoms with Gasteiger partial charge >= 0.3 is 5.97 Å². The third kappa shape index (κ3) is 4.12. The molecule has 26 heavy (non-hydrogen) atoms. The summed E-state index contributed by atoms with van der Waals surface area (Å²) in [5.41, 5.74) is 2.89. The molecule has 0 fully saturated rings. The number of ether oxygens (including phenoxy) is 1. The molecule has 0 bridgehead atoms. The van der Waals surface area contributed by atoms with E-state index in [1.54, 1.807) is 0 Å². The summed E-state index contributed by atoms with van der Waals surface area (Å²) < 4.78 is 7.39. The smallest absolute Gasteiger partial charge is 0.317 e. The second-order valence-corrected chi connectivity index (χ2v) is 8.01. The monoisotopic (exact) mass is 437 g/mol. The van der Waals surface area contributed by atoms with E-state index in [0.29, 0.717) is 18.2 Å². The van der Waals surface area contributed by atoms with E-state index in [4.69, 9.17) is 21.4 Å². The van der Waals surface area contributed by atoms with Gasteiger partial charge in [0.15, 0.2) is 0 Å². The maximum Gasteiger partial charge on any atom is 0.317 e. The minimum Gasteiger partial charge on any atom is -0.480 e. The number of benzene rings is 2. The summed E-state index contributed by atoms with van der Waals surface area (Å²) in [5, 5.41) is 9.62. The third-order valence-electron chi connectivity index (χ3n) is 4.76. The number of aliphatic carboxylic acids is 1. The van der Waals surface area contributed by atoms with Crippen LogP contribution in [0.3, 0.4) is 0 Å². The lowest BCUT2D eigenvalue weighted by molar-refractivity contribution is -0.138. The maximum absolute atomic E-state index is 10.9. The Morgan fingerprint density at radius 1 is 1.31 bits per heavy atom. The molecule has 3 rings (SSSR count). The molecule has 2 aromatic carbocycles. The van der Waals surface area contributed by atoms with Crippen LogP contribution in [0.5, 0.6) is 0 Å². The van der Waals surface area contributed by atoms with Crippen molar-refractivity contribution in [2.45, 2.75) is 25.0 Å². The Balaban J connectivity index is 1.87. The molecular weight excluding hydrogens is 418 g/mol. The molecule has 0 radical (unpaired) electrons. The summed E-state index contributed by atoms with van der Waals surface area (Å²) in [6.45, 7) is 1.29. The zero-order valence-corrected chi connectivity index (χ0v) is 16.9. The molecule has 0 saturated heterocycles. The Labute approximate surface area is 166 Å². The highest BCUT2D eigenvalue weighted by Gasteiger charge is 2.41. The van der Waals surface area contributed by atoms with Gasteiger partial charge in [-0.1, -0.05) is 45.7 Å². The molecule has 1 aliphatic rings. The minimum atomic E-state index is -0.813. The topological polar surface area (TPSA) is 49.8 Å². The predicted octanol–water partition coefficient (Wildman–Crippen LogP) is 4.67. The van der Waals surface area contributed by atoms with Gasteiger partial charge in [0, 0.05) is 9.50 Å². The molecule has 6 heteroatoms. The van der Waals surface area contributed by atoms with Crippen LogP contribution in [0.15, 0.2) is 46.9 Å². The van der Waals surface area contributed by atoms with Crippen molar-refractivity contribution in [3.8, 4) is 0 Å². The number of likely N-dealkylation sites (N-methyl/N-ethyl adjacent to an activating group) is 1. The third-order valence-corrected chi connectivity index (χ3v) is 5.51. The summed E-state index contributed by atoms with van der Waals surface area (Å²) in [6, 6.07) is 14.0. The first-order valence-electron chi connectivity index (χ1n) is 8.50. The first-order valence-corrected chi connectivity index (χ1v) is 9.67. The van der Waals surface area contributed by atoms with Gasteiger partial charge in [-0.2, -0.15) is 0 Å². The lowest BCUT2D eigenvalue weighted by Gasteiger charge is -2.31. The van der Waals surface area contributed by atoms with Crippen LogP contribution in [0.4, 0.5) is 0 Å². The molecule has 1 aliphatic heterocycles. The second-order valence-electron chi connectivity index (χ2n) is 6.66. The Bertz CT molecular complexity index is 796. The van der Waals surface area contributed by atoms with Crippen LogP contribution in [0, 0.1) is 0 Å². The van der Waals surface area contributed by atoms with Crippen molar-refractivity contribution >= 4 is 33.5 Å². The molecule has 1 heterocycles. The average Bonchev–Trinajstić information content (AvgIpc) is 2.93. The molecule has 4 nitrogen and oxygen atoms in total. The van der Waals surface area contributed by atoms with Gasteiger partial charge in [-0.3, -0.25) is 9.69 Å². The van der Waals surface area contributed by atoms with Crippen LogP contribution in [-0.4, -0.2) is 36.1 Å².